The second kappa shape index (κ2) is 10.4. The number of aliphatic imine (C=N–C) groups is 1. The minimum absolute atomic E-state index is 0.0576. The minimum Gasteiger partial charge on any atom is -0.383 e. The molecule has 3 N–H and O–H groups in total. The smallest absolute Gasteiger partial charge is 0.239 e. The maximum atomic E-state index is 11.8. The number of fused-ring (bicyclic) bond motifs is 2. The molecule has 28 heavy (non-hydrogen) atoms. The maximum absolute atomic E-state index is 11.8. The van der Waals surface area contributed by atoms with Crippen LogP contribution in [0.4, 0.5) is 0 Å². The van der Waals surface area contributed by atoms with Gasteiger partial charge in [0.15, 0.2) is 5.96 Å². The van der Waals surface area contributed by atoms with E-state index in [0.717, 1.165) is 19.4 Å². The summed E-state index contributed by atoms with van der Waals surface area (Å²) < 4.78 is 4.94. The van der Waals surface area contributed by atoms with Crippen LogP contribution in [0.1, 0.15) is 31.2 Å². The third-order valence-electron chi connectivity index (χ3n) is 5.70. The fraction of sp³-hybridized carbons (Fsp3) is 0.619. The van der Waals surface area contributed by atoms with Crippen LogP contribution in [0.2, 0.25) is 0 Å². The number of amides is 1. The maximum Gasteiger partial charge on any atom is 0.239 e. The van der Waals surface area contributed by atoms with Gasteiger partial charge in [0.05, 0.1) is 13.2 Å². The van der Waals surface area contributed by atoms with E-state index in [9.17, 15) is 4.79 Å². The molecule has 1 aromatic rings. The number of carbonyl (C=O) groups excluding carboxylic acids is 1. The molecule has 0 aliphatic carbocycles. The molecular weight excluding hydrogens is 354 g/mol. The molecule has 7 heteroatoms. The number of guanidine groups is 1. The number of ether oxygens (including phenoxy) is 1. The Labute approximate surface area is 167 Å². The second-order valence-electron chi connectivity index (χ2n) is 7.62. The molecule has 1 amide bonds. The summed E-state index contributed by atoms with van der Waals surface area (Å²) in [5.41, 5.74) is 1.39. The summed E-state index contributed by atoms with van der Waals surface area (Å²) in [4.78, 5) is 18.8. The molecule has 2 saturated heterocycles. The fourth-order valence-electron chi connectivity index (χ4n) is 4.35. The summed E-state index contributed by atoms with van der Waals surface area (Å²) in [6, 6.07) is 12.4. The molecule has 7 nitrogen and oxygen atoms in total. The molecule has 2 aliphatic rings. The number of nitrogens with zero attached hydrogens (tertiary/aromatic N) is 2. The van der Waals surface area contributed by atoms with Gasteiger partial charge in [-0.25, -0.2) is 0 Å². The first kappa shape index (κ1) is 20.6. The first-order valence-electron chi connectivity index (χ1n) is 10.2. The van der Waals surface area contributed by atoms with E-state index < -0.39 is 0 Å². The van der Waals surface area contributed by atoms with Crippen LogP contribution in [-0.2, 0) is 16.1 Å². The number of nitrogens with one attached hydrogen (secondary N) is 3. The van der Waals surface area contributed by atoms with Crippen molar-refractivity contribution in [1.29, 1.82) is 0 Å². The van der Waals surface area contributed by atoms with Gasteiger partial charge in [-0.15, -0.1) is 0 Å². The minimum atomic E-state index is -0.0576. The summed E-state index contributed by atoms with van der Waals surface area (Å²) in [5.74, 6) is 0.639. The third-order valence-corrected chi connectivity index (χ3v) is 5.70. The first-order valence-corrected chi connectivity index (χ1v) is 10.2. The number of hydrogen-bond acceptors (Lipinski definition) is 4. The lowest BCUT2D eigenvalue weighted by atomic mass is 9.96. The van der Waals surface area contributed by atoms with Crippen LogP contribution in [0.3, 0.4) is 0 Å². The van der Waals surface area contributed by atoms with Crippen molar-refractivity contribution in [3.8, 4) is 0 Å². The molecule has 2 unspecified atom stereocenters. The van der Waals surface area contributed by atoms with E-state index >= 15 is 0 Å². The van der Waals surface area contributed by atoms with E-state index in [4.69, 9.17) is 4.74 Å². The number of carbonyl (C=O) groups is 1. The normalized spacial score (nSPS) is 24.8. The summed E-state index contributed by atoms with van der Waals surface area (Å²) in [5, 5.41) is 9.44. The summed E-state index contributed by atoms with van der Waals surface area (Å²) in [7, 11) is 3.37. The largest absolute Gasteiger partial charge is 0.383 e. The number of hydrogen-bond donors (Lipinski definition) is 3. The number of benzene rings is 1. The Balaban J connectivity index is 1.45. The van der Waals surface area contributed by atoms with Gasteiger partial charge < -0.3 is 20.7 Å². The van der Waals surface area contributed by atoms with E-state index in [0.29, 0.717) is 37.2 Å². The molecule has 2 bridgehead atoms. The van der Waals surface area contributed by atoms with E-state index in [2.05, 4.69) is 56.2 Å². The summed E-state index contributed by atoms with van der Waals surface area (Å²) in [6.07, 6.45) is 4.77. The fourth-order valence-corrected chi connectivity index (χ4v) is 4.35. The zero-order valence-electron chi connectivity index (χ0n) is 17.0. The lowest BCUT2D eigenvalue weighted by Crippen LogP contribution is -2.53. The second-order valence-corrected chi connectivity index (χ2v) is 7.62. The Morgan fingerprint density at radius 3 is 2.54 bits per heavy atom. The van der Waals surface area contributed by atoms with Crippen molar-refractivity contribution in [2.75, 3.05) is 33.9 Å². The predicted octanol–water partition coefficient (Wildman–Crippen LogP) is 1.11. The molecule has 2 heterocycles. The van der Waals surface area contributed by atoms with Crippen LogP contribution >= 0.6 is 0 Å². The lowest BCUT2D eigenvalue weighted by molar-refractivity contribution is -0.120. The van der Waals surface area contributed by atoms with Crippen LogP contribution in [0.25, 0.3) is 0 Å². The lowest BCUT2D eigenvalue weighted by Gasteiger charge is -2.39. The van der Waals surface area contributed by atoms with Crippen molar-refractivity contribution in [3.63, 3.8) is 0 Å². The molecule has 0 aromatic heterocycles. The third kappa shape index (κ3) is 5.69. The van der Waals surface area contributed by atoms with E-state index in [1.165, 1.54) is 18.4 Å². The van der Waals surface area contributed by atoms with Gasteiger partial charge in [-0.1, -0.05) is 30.3 Å². The Bertz CT molecular complexity index is 637. The van der Waals surface area contributed by atoms with Gasteiger partial charge in [-0.3, -0.25) is 14.7 Å². The van der Waals surface area contributed by atoms with Gasteiger partial charge in [0.25, 0.3) is 0 Å². The van der Waals surface area contributed by atoms with Crippen LogP contribution in [0.5, 0.6) is 0 Å². The van der Waals surface area contributed by atoms with Crippen LogP contribution < -0.4 is 16.0 Å². The van der Waals surface area contributed by atoms with Crippen molar-refractivity contribution < 1.29 is 9.53 Å². The van der Waals surface area contributed by atoms with Gasteiger partial charge >= 0.3 is 0 Å². The first-order chi connectivity index (χ1) is 13.7. The average molecular weight is 388 g/mol. The quantitative estimate of drug-likeness (QED) is 0.354. The van der Waals surface area contributed by atoms with Crippen LogP contribution in [0, 0.1) is 0 Å². The van der Waals surface area contributed by atoms with Crippen LogP contribution in [-0.4, -0.2) is 68.7 Å². The number of rotatable bonds is 8. The molecule has 154 valence electrons. The van der Waals surface area contributed by atoms with Gasteiger partial charge in [0.1, 0.15) is 0 Å². The zero-order valence-corrected chi connectivity index (χ0v) is 17.0. The van der Waals surface area contributed by atoms with Crippen molar-refractivity contribution in [1.82, 2.24) is 20.9 Å². The van der Waals surface area contributed by atoms with Crippen molar-refractivity contribution in [2.24, 2.45) is 4.99 Å². The molecule has 1 aromatic carbocycles. The monoisotopic (exact) mass is 387 g/mol. The highest BCUT2D eigenvalue weighted by atomic mass is 16.5. The SMILES string of the molecule is CN=C(NCC(=O)NCCOC)NC1CC2CCC(C1)N2Cc1ccccc1. The Kier molecular flexibility index (Phi) is 7.68. The summed E-state index contributed by atoms with van der Waals surface area (Å²) in [6.45, 7) is 2.29. The Hall–Kier alpha value is -2.12. The van der Waals surface area contributed by atoms with Gasteiger partial charge in [-0.2, -0.15) is 0 Å². The predicted molar refractivity (Wildman–Crippen MR) is 111 cm³/mol. The van der Waals surface area contributed by atoms with Crippen molar-refractivity contribution in [3.05, 3.63) is 35.9 Å². The Morgan fingerprint density at radius 1 is 1.18 bits per heavy atom. The molecule has 3 rings (SSSR count). The van der Waals surface area contributed by atoms with E-state index in [-0.39, 0.29) is 12.5 Å². The van der Waals surface area contributed by atoms with E-state index in [1.807, 2.05) is 0 Å². The van der Waals surface area contributed by atoms with Crippen LogP contribution in [0.15, 0.2) is 35.3 Å². The highest BCUT2D eigenvalue weighted by Crippen LogP contribution is 2.36. The molecule has 0 saturated carbocycles. The molecule has 2 aliphatic heterocycles. The van der Waals surface area contributed by atoms with Crippen molar-refractivity contribution >= 4 is 11.9 Å². The molecule has 2 atom stereocenters. The van der Waals surface area contributed by atoms with Gasteiger partial charge in [0.2, 0.25) is 5.91 Å². The van der Waals surface area contributed by atoms with E-state index in [1.54, 1.807) is 14.2 Å². The molecular formula is C21H33N5O2. The highest BCUT2D eigenvalue weighted by Gasteiger charge is 2.40. The van der Waals surface area contributed by atoms with Gasteiger partial charge in [-0.05, 0) is 31.2 Å². The number of methoxy groups -OCH3 is 1. The van der Waals surface area contributed by atoms with Crippen molar-refractivity contribution in [2.45, 2.75) is 50.4 Å². The standard InChI is InChI=1S/C21H33N5O2/c1-22-21(24-14-20(27)23-10-11-28-2)25-17-12-18-8-9-19(13-17)26(18)15-16-6-4-3-5-7-16/h3-7,17-19H,8-15H2,1-2H3,(H,23,27)(H2,22,24,25). The average Bonchev–Trinajstić information content (AvgIpc) is 2.94. The molecule has 0 spiro atoms. The summed E-state index contributed by atoms with van der Waals surface area (Å²) >= 11 is 0. The highest BCUT2D eigenvalue weighted by molar-refractivity contribution is 5.86. The molecule has 0 radical (unpaired) electrons. The topological polar surface area (TPSA) is 78.0 Å². The molecule has 2 fully saturated rings. The number of piperidine rings is 1. The van der Waals surface area contributed by atoms with Gasteiger partial charge in [0, 0.05) is 45.4 Å². The zero-order chi connectivity index (χ0) is 19.8. The Morgan fingerprint density at radius 2 is 1.89 bits per heavy atom.